The lowest BCUT2D eigenvalue weighted by Crippen LogP contribution is -2.22. The van der Waals surface area contributed by atoms with Crippen LogP contribution in [-0.4, -0.2) is 11.4 Å². The van der Waals surface area contributed by atoms with Crippen molar-refractivity contribution >= 4 is 11.8 Å². The van der Waals surface area contributed by atoms with E-state index in [1.807, 2.05) is 61.7 Å². The van der Waals surface area contributed by atoms with E-state index in [0.717, 1.165) is 11.1 Å². The summed E-state index contributed by atoms with van der Waals surface area (Å²) < 4.78 is 0. The fraction of sp³-hybridized carbons (Fsp3) is 0.200. The highest BCUT2D eigenvalue weighted by atomic mass is 32.2. The van der Waals surface area contributed by atoms with Crippen molar-refractivity contribution in [1.29, 1.82) is 0 Å². The molecule has 2 rings (SSSR count). The lowest BCUT2D eigenvalue weighted by Gasteiger charge is -2.24. The van der Waals surface area contributed by atoms with Crippen LogP contribution in [-0.2, 0) is 5.60 Å². The van der Waals surface area contributed by atoms with Crippen molar-refractivity contribution in [2.45, 2.75) is 17.4 Å². The van der Waals surface area contributed by atoms with Crippen LogP contribution in [0, 0.1) is 0 Å². The monoisotopic (exact) mass is 244 g/mol. The summed E-state index contributed by atoms with van der Waals surface area (Å²) in [6, 6.07) is 17.8. The minimum atomic E-state index is -0.938. The highest BCUT2D eigenvalue weighted by Crippen LogP contribution is 2.30. The van der Waals surface area contributed by atoms with Gasteiger partial charge in [0.2, 0.25) is 0 Å². The van der Waals surface area contributed by atoms with E-state index in [4.69, 9.17) is 0 Å². The molecule has 2 aromatic carbocycles. The van der Waals surface area contributed by atoms with Gasteiger partial charge in [0, 0.05) is 4.90 Å². The molecule has 0 heterocycles. The molecule has 0 saturated heterocycles. The summed E-state index contributed by atoms with van der Waals surface area (Å²) in [6.07, 6.45) is 2.04. The van der Waals surface area contributed by atoms with Crippen molar-refractivity contribution in [3.8, 4) is 0 Å². The Morgan fingerprint density at radius 1 is 0.941 bits per heavy atom. The molecule has 0 spiro atoms. The smallest absolute Gasteiger partial charge is 0.112 e. The van der Waals surface area contributed by atoms with E-state index in [1.54, 1.807) is 11.8 Å². The van der Waals surface area contributed by atoms with Crippen LogP contribution in [0.2, 0.25) is 0 Å². The third kappa shape index (κ3) is 2.54. The van der Waals surface area contributed by atoms with Gasteiger partial charge in [0.05, 0.1) is 0 Å². The molecule has 1 atom stereocenters. The molecule has 0 aliphatic carbocycles. The molecule has 0 fully saturated rings. The summed E-state index contributed by atoms with van der Waals surface area (Å²) in [4.78, 5) is 1.17. The van der Waals surface area contributed by atoms with Gasteiger partial charge in [-0.2, -0.15) is 0 Å². The second kappa shape index (κ2) is 4.94. The second-order valence-corrected chi connectivity index (χ2v) is 5.05. The maximum Gasteiger partial charge on any atom is 0.112 e. The van der Waals surface area contributed by atoms with Crippen LogP contribution >= 0.6 is 11.8 Å². The molecule has 1 unspecified atom stereocenters. The first-order valence-electron chi connectivity index (χ1n) is 5.57. The SMILES string of the molecule is CSc1cccc(C(C)(O)c2ccccc2)c1. The number of aliphatic hydroxyl groups is 1. The number of hydrogen-bond acceptors (Lipinski definition) is 2. The molecule has 1 nitrogen and oxygen atoms in total. The van der Waals surface area contributed by atoms with Crippen molar-refractivity contribution in [3.63, 3.8) is 0 Å². The third-order valence-corrected chi connectivity index (χ3v) is 3.69. The van der Waals surface area contributed by atoms with E-state index in [1.165, 1.54) is 4.90 Å². The van der Waals surface area contributed by atoms with Crippen molar-refractivity contribution < 1.29 is 5.11 Å². The zero-order chi connectivity index (χ0) is 12.3. The molecule has 0 aliphatic heterocycles. The normalized spacial score (nSPS) is 14.3. The predicted octanol–water partition coefficient (Wildman–Crippen LogP) is 3.66. The molecular formula is C15H16OS. The first kappa shape index (κ1) is 12.2. The Hall–Kier alpha value is -1.25. The maximum absolute atomic E-state index is 10.7. The minimum absolute atomic E-state index is 0.915. The highest BCUT2D eigenvalue weighted by Gasteiger charge is 2.25. The van der Waals surface area contributed by atoms with Crippen LogP contribution in [0.5, 0.6) is 0 Å². The summed E-state index contributed by atoms with van der Waals surface area (Å²) in [5.41, 5.74) is 0.904. The molecule has 88 valence electrons. The Morgan fingerprint density at radius 2 is 1.59 bits per heavy atom. The van der Waals surface area contributed by atoms with E-state index in [-0.39, 0.29) is 0 Å². The van der Waals surface area contributed by atoms with Crippen molar-refractivity contribution in [2.24, 2.45) is 0 Å². The molecule has 0 bridgehead atoms. The topological polar surface area (TPSA) is 20.2 Å². The average molecular weight is 244 g/mol. The highest BCUT2D eigenvalue weighted by molar-refractivity contribution is 7.98. The van der Waals surface area contributed by atoms with Gasteiger partial charge in [0.15, 0.2) is 0 Å². The van der Waals surface area contributed by atoms with Crippen LogP contribution in [0.3, 0.4) is 0 Å². The van der Waals surface area contributed by atoms with Gasteiger partial charge in [0.1, 0.15) is 5.60 Å². The summed E-state index contributed by atoms with van der Waals surface area (Å²) in [5.74, 6) is 0. The Labute approximate surface area is 107 Å². The Morgan fingerprint density at radius 3 is 2.24 bits per heavy atom. The molecule has 1 N–H and O–H groups in total. The van der Waals surface area contributed by atoms with E-state index in [0.29, 0.717) is 0 Å². The van der Waals surface area contributed by atoms with E-state index in [2.05, 4.69) is 6.07 Å². The van der Waals surface area contributed by atoms with Crippen LogP contribution in [0.4, 0.5) is 0 Å². The Kier molecular flexibility index (Phi) is 3.55. The first-order valence-corrected chi connectivity index (χ1v) is 6.79. The molecule has 2 heteroatoms. The van der Waals surface area contributed by atoms with Gasteiger partial charge < -0.3 is 5.11 Å². The van der Waals surface area contributed by atoms with Gasteiger partial charge in [0.25, 0.3) is 0 Å². The fourth-order valence-corrected chi connectivity index (χ4v) is 2.31. The molecule has 0 saturated carbocycles. The Balaban J connectivity index is 2.44. The number of rotatable bonds is 3. The van der Waals surface area contributed by atoms with E-state index >= 15 is 0 Å². The van der Waals surface area contributed by atoms with Gasteiger partial charge in [-0.05, 0) is 36.4 Å². The molecule has 0 amide bonds. The Bertz CT molecular complexity index is 491. The molecule has 0 aromatic heterocycles. The fourth-order valence-electron chi connectivity index (χ4n) is 1.86. The lowest BCUT2D eigenvalue weighted by atomic mass is 9.88. The lowest BCUT2D eigenvalue weighted by molar-refractivity contribution is 0.102. The van der Waals surface area contributed by atoms with E-state index < -0.39 is 5.60 Å². The maximum atomic E-state index is 10.7. The zero-order valence-corrected chi connectivity index (χ0v) is 10.9. The minimum Gasteiger partial charge on any atom is -0.381 e. The number of benzene rings is 2. The van der Waals surface area contributed by atoms with Gasteiger partial charge in [-0.3, -0.25) is 0 Å². The molecule has 0 radical (unpaired) electrons. The van der Waals surface area contributed by atoms with Crippen molar-refractivity contribution in [1.82, 2.24) is 0 Å². The summed E-state index contributed by atoms with van der Waals surface area (Å²) in [6.45, 7) is 1.84. The molecule has 2 aromatic rings. The quantitative estimate of drug-likeness (QED) is 0.831. The van der Waals surface area contributed by atoms with Gasteiger partial charge in [-0.15, -0.1) is 11.8 Å². The van der Waals surface area contributed by atoms with Gasteiger partial charge >= 0.3 is 0 Å². The summed E-state index contributed by atoms with van der Waals surface area (Å²) >= 11 is 1.68. The number of thioether (sulfide) groups is 1. The standard InChI is InChI=1S/C15H16OS/c1-15(16,12-7-4-3-5-8-12)13-9-6-10-14(11-13)17-2/h3-11,16H,1-2H3. The van der Waals surface area contributed by atoms with Crippen LogP contribution in [0.15, 0.2) is 59.5 Å². The summed E-state index contributed by atoms with van der Waals surface area (Å²) in [5, 5.41) is 10.7. The number of hydrogen-bond donors (Lipinski definition) is 1. The van der Waals surface area contributed by atoms with Crippen LogP contribution in [0.1, 0.15) is 18.1 Å². The predicted molar refractivity (Wildman–Crippen MR) is 73.3 cm³/mol. The first-order chi connectivity index (χ1) is 8.14. The van der Waals surface area contributed by atoms with Crippen molar-refractivity contribution in [3.05, 3.63) is 65.7 Å². The largest absolute Gasteiger partial charge is 0.381 e. The zero-order valence-electron chi connectivity index (χ0n) is 10.1. The molecule has 0 aliphatic rings. The van der Waals surface area contributed by atoms with Crippen LogP contribution in [0.25, 0.3) is 0 Å². The second-order valence-electron chi connectivity index (χ2n) is 4.17. The molecular weight excluding hydrogens is 228 g/mol. The molecule has 17 heavy (non-hydrogen) atoms. The van der Waals surface area contributed by atoms with Gasteiger partial charge in [-0.1, -0.05) is 42.5 Å². The van der Waals surface area contributed by atoms with Gasteiger partial charge in [-0.25, -0.2) is 0 Å². The van der Waals surface area contributed by atoms with E-state index in [9.17, 15) is 5.11 Å². The summed E-state index contributed by atoms with van der Waals surface area (Å²) in [7, 11) is 0. The van der Waals surface area contributed by atoms with Crippen LogP contribution < -0.4 is 0 Å². The average Bonchev–Trinajstić information content (AvgIpc) is 2.40. The third-order valence-electron chi connectivity index (χ3n) is 2.97. The van der Waals surface area contributed by atoms with Crippen molar-refractivity contribution in [2.75, 3.05) is 6.26 Å².